The van der Waals surface area contributed by atoms with Crippen LogP contribution in [0.15, 0.2) is 0 Å². The molecule has 8 nitrogen and oxygen atoms in total. The lowest BCUT2D eigenvalue weighted by Gasteiger charge is -2.31. The number of nitrogens with one attached hydrogen (secondary N) is 1. The van der Waals surface area contributed by atoms with Crippen molar-refractivity contribution in [1.82, 2.24) is 10.2 Å². The molecule has 0 aromatic heterocycles. The van der Waals surface area contributed by atoms with Gasteiger partial charge in [0.1, 0.15) is 6.10 Å². The third kappa shape index (κ3) is 11.1. The highest BCUT2D eigenvalue weighted by Crippen LogP contribution is 2.14. The quantitative estimate of drug-likeness (QED) is 0.563. The second-order valence-electron chi connectivity index (χ2n) is 5.32. The zero-order chi connectivity index (χ0) is 21.3. The van der Waals surface area contributed by atoms with Crippen LogP contribution in [0.3, 0.4) is 0 Å². The molecule has 2 rings (SSSR count). The second kappa shape index (κ2) is 10.8. The summed E-state index contributed by atoms with van der Waals surface area (Å²) in [5.41, 5.74) is 0. The van der Waals surface area contributed by atoms with Crippen molar-refractivity contribution >= 4 is 18.0 Å². The smallest absolute Gasteiger partial charge is 0.475 e. The number of rotatable bonds is 1. The molecule has 2 aliphatic heterocycles. The SMILES string of the molecule is O=C(O)C(F)(F)F.O=C(O)C(F)(F)F.O=C(OC1CNC1)N1CCCCC1. The van der Waals surface area contributed by atoms with Crippen LogP contribution in [0.1, 0.15) is 19.3 Å². The van der Waals surface area contributed by atoms with Crippen molar-refractivity contribution in [2.24, 2.45) is 0 Å². The van der Waals surface area contributed by atoms with Crippen LogP contribution in [0.5, 0.6) is 0 Å². The van der Waals surface area contributed by atoms with Gasteiger partial charge < -0.3 is 25.2 Å². The molecule has 14 heteroatoms. The molecule has 0 aromatic rings. The van der Waals surface area contributed by atoms with Crippen LogP contribution in [-0.4, -0.2) is 77.8 Å². The van der Waals surface area contributed by atoms with Crippen LogP contribution in [0.25, 0.3) is 0 Å². The van der Waals surface area contributed by atoms with E-state index in [1.54, 1.807) is 0 Å². The molecule has 158 valence electrons. The molecular formula is C13H18F6N2O6. The normalized spacial score (nSPS) is 17.3. The standard InChI is InChI=1S/C9H16N2O2.2C2HF3O2/c12-9(13-8-6-10-7-8)11-4-2-1-3-5-11;2*3-2(4,5)1(6)7/h8,10H,1-7H2;2*(H,6,7). The van der Waals surface area contributed by atoms with Crippen LogP contribution >= 0.6 is 0 Å². The number of hydrogen-bond acceptors (Lipinski definition) is 5. The van der Waals surface area contributed by atoms with E-state index in [1.165, 1.54) is 6.42 Å². The maximum absolute atomic E-state index is 11.5. The van der Waals surface area contributed by atoms with Gasteiger partial charge in [0.05, 0.1) is 0 Å². The van der Waals surface area contributed by atoms with E-state index in [9.17, 15) is 31.1 Å². The average molecular weight is 412 g/mol. The Morgan fingerprint density at radius 3 is 1.48 bits per heavy atom. The van der Waals surface area contributed by atoms with Crippen molar-refractivity contribution in [2.75, 3.05) is 26.2 Å². The van der Waals surface area contributed by atoms with Gasteiger partial charge in [0.25, 0.3) is 0 Å². The van der Waals surface area contributed by atoms with Gasteiger partial charge in [-0.2, -0.15) is 26.3 Å². The van der Waals surface area contributed by atoms with Gasteiger partial charge in [-0.15, -0.1) is 0 Å². The highest BCUT2D eigenvalue weighted by molar-refractivity contribution is 5.73. The molecule has 1 amide bonds. The fourth-order valence-electron chi connectivity index (χ4n) is 1.64. The third-order valence-corrected chi connectivity index (χ3v) is 3.11. The summed E-state index contributed by atoms with van der Waals surface area (Å²) in [4.78, 5) is 31.1. The zero-order valence-electron chi connectivity index (χ0n) is 13.8. The summed E-state index contributed by atoms with van der Waals surface area (Å²) in [5.74, 6) is -5.51. The maximum atomic E-state index is 11.5. The molecule has 0 bridgehead atoms. The number of aliphatic carboxylic acids is 2. The number of likely N-dealkylation sites (tertiary alicyclic amines) is 1. The molecule has 2 fully saturated rings. The topological polar surface area (TPSA) is 116 Å². The molecule has 3 N–H and O–H groups in total. The Bertz CT molecular complexity index is 477. The Morgan fingerprint density at radius 1 is 0.852 bits per heavy atom. The summed E-state index contributed by atoms with van der Waals surface area (Å²) < 4.78 is 68.7. The summed E-state index contributed by atoms with van der Waals surface area (Å²) in [6, 6.07) is 0. The minimum atomic E-state index is -5.08. The van der Waals surface area contributed by atoms with E-state index in [2.05, 4.69) is 5.32 Å². The Hall–Kier alpha value is -2.25. The molecule has 2 heterocycles. The van der Waals surface area contributed by atoms with Crippen LogP contribution in [0.2, 0.25) is 0 Å². The van der Waals surface area contributed by atoms with Crippen molar-refractivity contribution < 1.29 is 55.7 Å². The molecule has 27 heavy (non-hydrogen) atoms. The third-order valence-electron chi connectivity index (χ3n) is 3.11. The molecule has 0 spiro atoms. The zero-order valence-corrected chi connectivity index (χ0v) is 13.8. The van der Waals surface area contributed by atoms with Crippen molar-refractivity contribution in [1.29, 1.82) is 0 Å². The minimum absolute atomic E-state index is 0.119. The van der Waals surface area contributed by atoms with E-state index >= 15 is 0 Å². The minimum Gasteiger partial charge on any atom is -0.475 e. The van der Waals surface area contributed by atoms with Gasteiger partial charge in [0.2, 0.25) is 0 Å². The first kappa shape index (κ1) is 24.8. The van der Waals surface area contributed by atoms with E-state index in [1.807, 2.05) is 4.90 Å². The summed E-state index contributed by atoms with van der Waals surface area (Å²) >= 11 is 0. The Morgan fingerprint density at radius 2 is 1.22 bits per heavy atom. The Kier molecular flexibility index (Phi) is 9.89. The van der Waals surface area contributed by atoms with E-state index < -0.39 is 24.3 Å². The van der Waals surface area contributed by atoms with Crippen LogP contribution in [0, 0.1) is 0 Å². The lowest BCUT2D eigenvalue weighted by molar-refractivity contribution is -0.193. The first-order chi connectivity index (χ1) is 12.2. The van der Waals surface area contributed by atoms with Crippen molar-refractivity contribution in [3.8, 4) is 0 Å². The Labute approximate surface area is 149 Å². The predicted octanol–water partition coefficient (Wildman–Crippen LogP) is 1.85. The van der Waals surface area contributed by atoms with E-state index in [0.717, 1.165) is 39.0 Å². The molecule has 0 atom stereocenters. The number of nitrogens with zero attached hydrogens (tertiary/aromatic N) is 1. The van der Waals surface area contributed by atoms with Crippen molar-refractivity contribution in [3.05, 3.63) is 0 Å². The van der Waals surface area contributed by atoms with Gasteiger partial charge in [-0.25, -0.2) is 14.4 Å². The van der Waals surface area contributed by atoms with E-state index in [0.29, 0.717) is 0 Å². The molecular weight excluding hydrogens is 394 g/mol. The highest BCUT2D eigenvalue weighted by atomic mass is 19.4. The monoisotopic (exact) mass is 412 g/mol. The summed E-state index contributed by atoms with van der Waals surface area (Å²) in [6.07, 6.45) is -6.68. The highest BCUT2D eigenvalue weighted by Gasteiger charge is 2.38. The molecule has 0 radical (unpaired) electrons. The fraction of sp³-hybridized carbons (Fsp3) is 0.769. The van der Waals surface area contributed by atoms with Crippen molar-refractivity contribution in [3.63, 3.8) is 0 Å². The molecule has 2 saturated heterocycles. The van der Waals surface area contributed by atoms with Gasteiger partial charge in [0, 0.05) is 26.2 Å². The molecule has 2 aliphatic rings. The lowest BCUT2D eigenvalue weighted by Crippen LogP contribution is -2.51. The van der Waals surface area contributed by atoms with E-state index in [4.69, 9.17) is 24.5 Å². The Balaban J connectivity index is 0.000000416. The van der Waals surface area contributed by atoms with Crippen LogP contribution in [-0.2, 0) is 14.3 Å². The summed E-state index contributed by atoms with van der Waals surface area (Å²) in [5, 5.41) is 17.3. The largest absolute Gasteiger partial charge is 0.490 e. The first-order valence-electron chi connectivity index (χ1n) is 7.51. The van der Waals surface area contributed by atoms with Gasteiger partial charge in [-0.05, 0) is 19.3 Å². The summed E-state index contributed by atoms with van der Waals surface area (Å²) in [7, 11) is 0. The van der Waals surface area contributed by atoms with Gasteiger partial charge >= 0.3 is 30.4 Å². The maximum Gasteiger partial charge on any atom is 0.490 e. The fourth-order valence-corrected chi connectivity index (χ4v) is 1.64. The lowest BCUT2D eigenvalue weighted by atomic mass is 10.1. The number of carbonyl (C=O) groups excluding carboxylic acids is 1. The first-order valence-corrected chi connectivity index (χ1v) is 7.51. The number of halogens is 6. The summed E-state index contributed by atoms with van der Waals surface area (Å²) in [6.45, 7) is 3.39. The van der Waals surface area contributed by atoms with Crippen molar-refractivity contribution in [2.45, 2.75) is 37.7 Å². The number of ether oxygens (including phenoxy) is 1. The molecule has 0 aromatic carbocycles. The number of hydrogen-bond donors (Lipinski definition) is 3. The number of carboxylic acid groups (broad SMARTS) is 2. The van der Waals surface area contributed by atoms with Gasteiger partial charge in [-0.3, -0.25) is 0 Å². The molecule has 0 saturated carbocycles. The van der Waals surface area contributed by atoms with Crippen LogP contribution < -0.4 is 5.32 Å². The van der Waals surface area contributed by atoms with Gasteiger partial charge in [-0.1, -0.05) is 0 Å². The van der Waals surface area contributed by atoms with Crippen LogP contribution in [0.4, 0.5) is 31.1 Å². The predicted molar refractivity (Wildman–Crippen MR) is 75.9 cm³/mol. The molecule has 0 unspecified atom stereocenters. The second-order valence-corrected chi connectivity index (χ2v) is 5.32. The van der Waals surface area contributed by atoms with Gasteiger partial charge in [0.15, 0.2) is 0 Å². The number of carbonyl (C=O) groups is 3. The number of amides is 1. The van der Waals surface area contributed by atoms with E-state index in [-0.39, 0.29) is 12.2 Å². The number of carboxylic acids is 2. The molecule has 0 aliphatic carbocycles. The number of alkyl halides is 6. The number of piperidine rings is 1. The average Bonchev–Trinajstić information content (AvgIpc) is 2.51.